The molecule has 88 valence electrons. The first-order valence-electron chi connectivity index (χ1n) is 5.00. The van der Waals surface area contributed by atoms with Crippen LogP contribution in [0.15, 0.2) is 28.7 Å². The molecule has 0 atom stereocenters. The van der Waals surface area contributed by atoms with E-state index in [1.807, 2.05) is 25.1 Å². The van der Waals surface area contributed by atoms with E-state index in [9.17, 15) is 0 Å². The molecule has 1 aromatic heterocycles. The maximum atomic E-state index is 5.85. The van der Waals surface area contributed by atoms with Crippen molar-refractivity contribution < 1.29 is 4.74 Å². The maximum Gasteiger partial charge on any atom is 0.224 e. The van der Waals surface area contributed by atoms with Crippen LogP contribution in [-0.2, 0) is 0 Å². The van der Waals surface area contributed by atoms with Crippen LogP contribution in [-0.4, -0.2) is 9.97 Å². The van der Waals surface area contributed by atoms with Crippen LogP contribution in [0.5, 0.6) is 11.6 Å². The quantitative estimate of drug-likeness (QED) is 0.775. The summed E-state index contributed by atoms with van der Waals surface area (Å²) in [5.74, 6) is 1.78. The minimum absolute atomic E-state index is 0.375. The largest absolute Gasteiger partial charge is 0.439 e. The van der Waals surface area contributed by atoms with Gasteiger partial charge in [0.25, 0.3) is 0 Å². The van der Waals surface area contributed by atoms with E-state index in [1.54, 1.807) is 13.0 Å². The normalized spacial score (nSPS) is 10.4. The summed E-state index contributed by atoms with van der Waals surface area (Å²) >= 11 is 9.25. The minimum Gasteiger partial charge on any atom is -0.439 e. The molecule has 0 spiro atoms. The molecular weight excluding hydrogens is 304 g/mol. The van der Waals surface area contributed by atoms with Gasteiger partial charge in [-0.3, -0.25) is 0 Å². The fraction of sp³-hybridized carbons (Fsp3) is 0.167. The van der Waals surface area contributed by atoms with Crippen molar-refractivity contribution in [3.8, 4) is 11.6 Å². The Morgan fingerprint density at radius 3 is 2.65 bits per heavy atom. The van der Waals surface area contributed by atoms with Crippen LogP contribution in [0.1, 0.15) is 11.4 Å². The molecule has 0 bridgehead atoms. The van der Waals surface area contributed by atoms with Crippen molar-refractivity contribution in [2.24, 2.45) is 0 Å². The van der Waals surface area contributed by atoms with E-state index in [4.69, 9.17) is 16.3 Å². The van der Waals surface area contributed by atoms with E-state index in [0.717, 1.165) is 15.8 Å². The molecule has 0 amide bonds. The Morgan fingerprint density at radius 1 is 1.18 bits per heavy atom. The lowest BCUT2D eigenvalue weighted by Gasteiger charge is -2.08. The summed E-state index contributed by atoms with van der Waals surface area (Å²) in [6.07, 6.45) is 0. The first-order valence-corrected chi connectivity index (χ1v) is 6.17. The molecule has 1 heterocycles. The number of ether oxygens (including phenoxy) is 1. The molecule has 2 aromatic rings. The Hall–Kier alpha value is -1.13. The van der Waals surface area contributed by atoms with E-state index < -0.39 is 0 Å². The third kappa shape index (κ3) is 3.17. The molecule has 17 heavy (non-hydrogen) atoms. The van der Waals surface area contributed by atoms with Gasteiger partial charge in [0, 0.05) is 10.5 Å². The summed E-state index contributed by atoms with van der Waals surface area (Å²) in [5, 5.41) is 0.375. The Labute approximate surface area is 113 Å². The minimum atomic E-state index is 0.375. The molecule has 0 unspecified atom stereocenters. The highest BCUT2D eigenvalue weighted by Crippen LogP contribution is 2.27. The molecule has 1 aromatic carbocycles. The molecule has 0 fully saturated rings. The molecule has 0 saturated heterocycles. The zero-order chi connectivity index (χ0) is 12.4. The highest BCUT2D eigenvalue weighted by Gasteiger charge is 2.05. The number of aryl methyl sites for hydroxylation is 2. The summed E-state index contributed by atoms with van der Waals surface area (Å²) in [5.41, 5.74) is 1.03. The molecule has 0 N–H and O–H groups in total. The van der Waals surface area contributed by atoms with Crippen LogP contribution in [0.4, 0.5) is 0 Å². The second kappa shape index (κ2) is 5.02. The molecule has 0 aliphatic carbocycles. The van der Waals surface area contributed by atoms with Gasteiger partial charge >= 0.3 is 0 Å². The van der Waals surface area contributed by atoms with Gasteiger partial charge in [0.15, 0.2) is 0 Å². The van der Waals surface area contributed by atoms with Gasteiger partial charge in [-0.05, 0) is 31.5 Å². The van der Waals surface area contributed by atoms with Crippen LogP contribution in [0, 0.1) is 13.8 Å². The summed E-state index contributed by atoms with van der Waals surface area (Å²) in [6, 6.07) is 7.41. The van der Waals surface area contributed by atoms with E-state index in [-0.39, 0.29) is 0 Å². The standard InChI is InChI=1S/C12H10BrClN2O/c1-7-3-4-9(13)5-10(7)17-12-6-11(14)15-8(2)16-12/h3-6H,1-2H3. The Kier molecular flexibility index (Phi) is 3.64. The highest BCUT2D eigenvalue weighted by atomic mass is 79.9. The van der Waals surface area contributed by atoms with Crippen LogP contribution >= 0.6 is 27.5 Å². The number of halogens is 2. The molecule has 0 saturated carbocycles. The van der Waals surface area contributed by atoms with Crippen molar-refractivity contribution in [2.75, 3.05) is 0 Å². The number of rotatable bonds is 2. The van der Waals surface area contributed by atoms with Gasteiger partial charge in [-0.2, -0.15) is 4.98 Å². The second-order valence-corrected chi connectivity index (χ2v) is 4.89. The zero-order valence-electron chi connectivity index (χ0n) is 9.37. The molecule has 0 radical (unpaired) electrons. The van der Waals surface area contributed by atoms with Crippen LogP contribution < -0.4 is 4.74 Å². The van der Waals surface area contributed by atoms with Crippen LogP contribution in [0.2, 0.25) is 5.15 Å². The maximum absolute atomic E-state index is 5.85. The summed E-state index contributed by atoms with van der Waals surface area (Å²) < 4.78 is 6.64. The zero-order valence-corrected chi connectivity index (χ0v) is 11.7. The lowest BCUT2D eigenvalue weighted by Crippen LogP contribution is -1.94. The fourth-order valence-corrected chi connectivity index (χ4v) is 1.91. The SMILES string of the molecule is Cc1nc(Cl)cc(Oc2cc(Br)ccc2C)n1. The molecule has 5 heteroatoms. The average Bonchev–Trinajstić information content (AvgIpc) is 2.22. The van der Waals surface area contributed by atoms with E-state index in [0.29, 0.717) is 16.9 Å². The van der Waals surface area contributed by atoms with Crippen molar-refractivity contribution in [3.05, 3.63) is 45.3 Å². The van der Waals surface area contributed by atoms with Crippen molar-refractivity contribution in [3.63, 3.8) is 0 Å². The highest BCUT2D eigenvalue weighted by molar-refractivity contribution is 9.10. The Bertz CT molecular complexity index is 540. The molecule has 3 nitrogen and oxygen atoms in total. The average molecular weight is 314 g/mol. The van der Waals surface area contributed by atoms with E-state index >= 15 is 0 Å². The second-order valence-electron chi connectivity index (χ2n) is 3.59. The Morgan fingerprint density at radius 2 is 1.94 bits per heavy atom. The number of nitrogens with zero attached hydrogens (tertiary/aromatic N) is 2. The summed E-state index contributed by atoms with van der Waals surface area (Å²) in [7, 11) is 0. The lowest BCUT2D eigenvalue weighted by atomic mass is 10.2. The van der Waals surface area contributed by atoms with Gasteiger partial charge in [-0.25, -0.2) is 4.98 Å². The summed E-state index contributed by atoms with van der Waals surface area (Å²) in [4.78, 5) is 8.15. The van der Waals surface area contributed by atoms with Crippen molar-refractivity contribution in [1.29, 1.82) is 0 Å². The monoisotopic (exact) mass is 312 g/mol. The predicted octanol–water partition coefficient (Wildman–Crippen LogP) is 4.30. The Balaban J connectivity index is 2.34. The van der Waals surface area contributed by atoms with Crippen LogP contribution in [0.25, 0.3) is 0 Å². The third-order valence-electron chi connectivity index (χ3n) is 2.15. The van der Waals surface area contributed by atoms with Gasteiger partial charge in [-0.1, -0.05) is 33.6 Å². The number of benzene rings is 1. The predicted molar refractivity (Wildman–Crippen MR) is 70.7 cm³/mol. The third-order valence-corrected chi connectivity index (χ3v) is 2.83. The van der Waals surface area contributed by atoms with Gasteiger partial charge < -0.3 is 4.74 Å². The molecular formula is C12H10BrClN2O. The van der Waals surface area contributed by atoms with Crippen molar-refractivity contribution >= 4 is 27.5 Å². The fourth-order valence-electron chi connectivity index (χ4n) is 1.35. The van der Waals surface area contributed by atoms with Gasteiger partial charge in [0.05, 0.1) is 0 Å². The topological polar surface area (TPSA) is 35.0 Å². The van der Waals surface area contributed by atoms with Crippen molar-refractivity contribution in [1.82, 2.24) is 9.97 Å². The first-order chi connectivity index (χ1) is 8.04. The van der Waals surface area contributed by atoms with Gasteiger partial charge in [0.2, 0.25) is 5.88 Å². The molecule has 2 rings (SSSR count). The number of hydrogen-bond acceptors (Lipinski definition) is 3. The van der Waals surface area contributed by atoms with Crippen LogP contribution in [0.3, 0.4) is 0 Å². The van der Waals surface area contributed by atoms with E-state index in [2.05, 4.69) is 25.9 Å². The molecule has 0 aliphatic heterocycles. The van der Waals surface area contributed by atoms with Gasteiger partial charge in [-0.15, -0.1) is 0 Å². The lowest BCUT2D eigenvalue weighted by molar-refractivity contribution is 0.456. The first kappa shape index (κ1) is 12.3. The van der Waals surface area contributed by atoms with E-state index in [1.165, 1.54) is 0 Å². The van der Waals surface area contributed by atoms with Gasteiger partial charge in [0.1, 0.15) is 16.7 Å². The number of hydrogen-bond donors (Lipinski definition) is 0. The van der Waals surface area contributed by atoms with Crippen molar-refractivity contribution in [2.45, 2.75) is 13.8 Å². The smallest absolute Gasteiger partial charge is 0.224 e. The summed E-state index contributed by atoms with van der Waals surface area (Å²) in [6.45, 7) is 3.74. The number of aromatic nitrogens is 2. The molecule has 0 aliphatic rings.